The molecule has 3 aromatic carbocycles. The van der Waals surface area contributed by atoms with Crippen LogP contribution in [0, 0.1) is 5.82 Å². The lowest BCUT2D eigenvalue weighted by Crippen LogP contribution is -2.76. The molecule has 0 unspecified atom stereocenters. The van der Waals surface area contributed by atoms with E-state index in [0.29, 0.717) is 18.5 Å². The van der Waals surface area contributed by atoms with Gasteiger partial charge in [0.05, 0.1) is 6.54 Å². The molecule has 214 valence electrons. The lowest BCUT2D eigenvalue weighted by molar-refractivity contribution is -0.194. The van der Waals surface area contributed by atoms with Gasteiger partial charge in [-0.25, -0.2) is 18.6 Å². The van der Waals surface area contributed by atoms with E-state index < -0.39 is 36.8 Å². The minimum absolute atomic E-state index is 0.0606. The van der Waals surface area contributed by atoms with Crippen molar-refractivity contribution in [3.8, 4) is 0 Å². The number of carbonyl (C=O) groups excluding carboxylic acids is 3. The molecule has 0 saturated carbocycles. The molecular formula is C31H33F2N5O3. The maximum Gasteiger partial charge on any atom is 0.334 e. The van der Waals surface area contributed by atoms with Crippen molar-refractivity contribution in [2.75, 3.05) is 26.4 Å². The van der Waals surface area contributed by atoms with E-state index in [0.717, 1.165) is 22.6 Å². The molecule has 2 aliphatic heterocycles. The minimum atomic E-state index is -1.05. The smallest absolute Gasteiger partial charge is 0.334 e. The van der Waals surface area contributed by atoms with Crippen molar-refractivity contribution in [3.63, 3.8) is 0 Å². The summed E-state index contributed by atoms with van der Waals surface area (Å²) < 4.78 is 27.6. The van der Waals surface area contributed by atoms with Crippen LogP contribution in [0.15, 0.2) is 84.9 Å². The number of benzene rings is 3. The van der Waals surface area contributed by atoms with Crippen LogP contribution in [-0.4, -0.2) is 76.3 Å². The van der Waals surface area contributed by atoms with Crippen molar-refractivity contribution in [1.29, 1.82) is 0 Å². The Bertz CT molecular complexity index is 1340. The molecule has 4 amide bonds. The second kappa shape index (κ2) is 12.9. The number of rotatable bonds is 9. The molecular weight excluding hydrogens is 528 g/mol. The molecule has 41 heavy (non-hydrogen) atoms. The van der Waals surface area contributed by atoms with Gasteiger partial charge in [0.15, 0.2) is 6.80 Å². The predicted octanol–water partition coefficient (Wildman–Crippen LogP) is 3.74. The van der Waals surface area contributed by atoms with Gasteiger partial charge in [-0.05, 0) is 41.7 Å². The number of nitrogens with one attached hydrogen (secondary N) is 1. The monoisotopic (exact) mass is 561 g/mol. The summed E-state index contributed by atoms with van der Waals surface area (Å²) in [6, 6.07) is 23.6. The Kier molecular flexibility index (Phi) is 8.88. The maximum atomic E-state index is 14.2. The Balaban J connectivity index is 1.40. The van der Waals surface area contributed by atoms with Gasteiger partial charge in [-0.3, -0.25) is 9.59 Å². The molecule has 8 nitrogen and oxygen atoms in total. The molecule has 2 atom stereocenters. The number of aryl methyl sites for hydroxylation is 1. The van der Waals surface area contributed by atoms with Crippen molar-refractivity contribution in [3.05, 3.63) is 107 Å². The summed E-state index contributed by atoms with van der Waals surface area (Å²) >= 11 is 0. The van der Waals surface area contributed by atoms with E-state index in [9.17, 15) is 23.2 Å². The highest BCUT2D eigenvalue weighted by Gasteiger charge is 2.51. The van der Waals surface area contributed by atoms with Gasteiger partial charge in [-0.1, -0.05) is 72.8 Å². The number of urea groups is 1. The van der Waals surface area contributed by atoms with Crippen molar-refractivity contribution in [1.82, 2.24) is 25.1 Å². The van der Waals surface area contributed by atoms with Gasteiger partial charge in [0.2, 0.25) is 11.8 Å². The summed E-state index contributed by atoms with van der Waals surface area (Å²) in [5.41, 5.74) is 2.70. The zero-order chi connectivity index (χ0) is 28.8. The minimum Gasteiger partial charge on any atom is -0.337 e. The second-order valence-corrected chi connectivity index (χ2v) is 10.3. The Morgan fingerprint density at radius 2 is 1.54 bits per heavy atom. The van der Waals surface area contributed by atoms with Crippen LogP contribution in [0.4, 0.5) is 13.6 Å². The number of hydrogen-bond acceptors (Lipinski definition) is 4. The lowest BCUT2D eigenvalue weighted by atomic mass is 9.98. The third-order valence-electron chi connectivity index (χ3n) is 7.54. The zero-order valence-electron chi connectivity index (χ0n) is 22.7. The highest BCUT2D eigenvalue weighted by atomic mass is 19.1. The number of hydrazine groups is 1. The van der Waals surface area contributed by atoms with Gasteiger partial charge >= 0.3 is 6.03 Å². The van der Waals surface area contributed by atoms with Gasteiger partial charge in [-0.2, -0.15) is 5.01 Å². The van der Waals surface area contributed by atoms with E-state index in [1.165, 1.54) is 22.0 Å². The Morgan fingerprint density at radius 1 is 0.878 bits per heavy atom. The summed E-state index contributed by atoms with van der Waals surface area (Å²) in [6.45, 7) is -0.845. The standard InChI is InChI=1S/C31H33F2N5O3/c32-22-36-21-29(39)37-27(18-24-10-5-2-6-11-24)30(40)35(17-7-12-23-8-3-1-4-9-23)20-28(37)38(36)31(41)34-19-25-13-15-26(33)16-14-25/h1-6,8-11,13-16,27-28H,7,12,17-22H2,(H,34,41)/t27-,28-/m0/s1. The first-order chi connectivity index (χ1) is 19.9. The number of amides is 4. The fraction of sp³-hybridized carbons (Fsp3) is 0.323. The number of hydrogen-bond donors (Lipinski definition) is 1. The fourth-order valence-electron chi connectivity index (χ4n) is 5.52. The normalized spacial score (nSPS) is 19.3. The van der Waals surface area contributed by atoms with Crippen LogP contribution in [0.5, 0.6) is 0 Å². The first-order valence-corrected chi connectivity index (χ1v) is 13.7. The number of fused-ring (bicyclic) bond motifs is 1. The molecule has 2 fully saturated rings. The first kappa shape index (κ1) is 28.2. The first-order valence-electron chi connectivity index (χ1n) is 13.7. The largest absolute Gasteiger partial charge is 0.337 e. The lowest BCUT2D eigenvalue weighted by Gasteiger charge is -2.54. The molecule has 10 heteroatoms. The molecule has 0 bridgehead atoms. The van der Waals surface area contributed by atoms with Crippen molar-refractivity contribution in [2.24, 2.45) is 0 Å². The quantitative estimate of drug-likeness (QED) is 0.404. The van der Waals surface area contributed by atoms with Crippen LogP contribution >= 0.6 is 0 Å². The predicted molar refractivity (Wildman–Crippen MR) is 149 cm³/mol. The third-order valence-corrected chi connectivity index (χ3v) is 7.54. The average Bonchev–Trinajstić information content (AvgIpc) is 2.99. The Labute approximate surface area is 238 Å². The van der Waals surface area contributed by atoms with Gasteiger partial charge in [0, 0.05) is 19.5 Å². The Morgan fingerprint density at radius 3 is 2.20 bits per heavy atom. The van der Waals surface area contributed by atoms with E-state index in [2.05, 4.69) is 5.32 Å². The van der Waals surface area contributed by atoms with Crippen molar-refractivity contribution >= 4 is 17.8 Å². The van der Waals surface area contributed by atoms with Crippen LogP contribution < -0.4 is 5.32 Å². The average molecular weight is 562 g/mol. The summed E-state index contributed by atoms with van der Waals surface area (Å²) in [7, 11) is 0. The van der Waals surface area contributed by atoms with Gasteiger partial charge in [0.25, 0.3) is 0 Å². The molecule has 2 aliphatic rings. The van der Waals surface area contributed by atoms with E-state index in [-0.39, 0.29) is 32.0 Å². The molecule has 0 radical (unpaired) electrons. The van der Waals surface area contributed by atoms with Crippen LogP contribution in [0.3, 0.4) is 0 Å². The molecule has 2 saturated heterocycles. The molecule has 2 heterocycles. The molecule has 5 rings (SSSR count). The summed E-state index contributed by atoms with van der Waals surface area (Å²) in [4.78, 5) is 43.9. The van der Waals surface area contributed by atoms with Crippen molar-refractivity contribution in [2.45, 2.75) is 38.0 Å². The molecule has 0 aromatic heterocycles. The SMILES string of the molecule is O=C1[C@H](Cc2ccccc2)N2C(=O)CN(CF)N(C(=O)NCc3ccc(F)cc3)[C@H]2CN1CCCc1ccccc1. The highest BCUT2D eigenvalue weighted by molar-refractivity contribution is 5.91. The number of alkyl halides is 1. The van der Waals surface area contributed by atoms with Gasteiger partial charge in [0.1, 0.15) is 24.6 Å². The van der Waals surface area contributed by atoms with E-state index >= 15 is 0 Å². The van der Waals surface area contributed by atoms with Crippen LogP contribution in [0.1, 0.15) is 23.1 Å². The number of halogens is 2. The molecule has 3 aromatic rings. The van der Waals surface area contributed by atoms with Crippen molar-refractivity contribution < 1.29 is 23.2 Å². The number of carbonyl (C=O) groups is 3. The number of nitrogens with zero attached hydrogens (tertiary/aromatic N) is 4. The summed E-state index contributed by atoms with van der Waals surface area (Å²) in [5, 5.41) is 5.06. The molecule has 1 N–H and O–H groups in total. The molecule has 0 aliphatic carbocycles. The fourth-order valence-corrected chi connectivity index (χ4v) is 5.52. The zero-order valence-corrected chi connectivity index (χ0v) is 22.7. The van der Waals surface area contributed by atoms with E-state index in [4.69, 9.17) is 0 Å². The second-order valence-electron chi connectivity index (χ2n) is 10.3. The number of piperazine rings is 1. The summed E-state index contributed by atoms with van der Waals surface area (Å²) in [5.74, 6) is -0.988. The van der Waals surface area contributed by atoms with Gasteiger partial charge < -0.3 is 15.1 Å². The third kappa shape index (κ3) is 6.54. The van der Waals surface area contributed by atoms with Crippen LogP contribution in [0.25, 0.3) is 0 Å². The molecule has 0 spiro atoms. The maximum absolute atomic E-state index is 14.2. The Hall–Kier alpha value is -4.31. The van der Waals surface area contributed by atoms with E-state index in [1.54, 1.807) is 17.0 Å². The summed E-state index contributed by atoms with van der Waals surface area (Å²) in [6.07, 6.45) is 0.846. The topological polar surface area (TPSA) is 76.2 Å². The van der Waals surface area contributed by atoms with Crippen LogP contribution in [-0.2, 0) is 29.0 Å². The highest BCUT2D eigenvalue weighted by Crippen LogP contribution is 2.28. The van der Waals surface area contributed by atoms with Gasteiger partial charge in [-0.15, -0.1) is 0 Å². The van der Waals surface area contributed by atoms with Crippen LogP contribution in [0.2, 0.25) is 0 Å². The van der Waals surface area contributed by atoms with E-state index in [1.807, 2.05) is 60.7 Å².